The van der Waals surface area contributed by atoms with Gasteiger partial charge in [0, 0.05) is 42.4 Å². The van der Waals surface area contributed by atoms with Crippen molar-refractivity contribution in [2.75, 3.05) is 35.7 Å². The third-order valence-corrected chi connectivity index (χ3v) is 11.6. The Morgan fingerprint density at radius 3 is 2.24 bits per heavy atom. The third kappa shape index (κ3) is 5.17. The highest BCUT2D eigenvalue weighted by atomic mass is 79.9. The van der Waals surface area contributed by atoms with Crippen molar-refractivity contribution in [1.82, 2.24) is 4.67 Å². The van der Waals surface area contributed by atoms with Gasteiger partial charge in [0.05, 0.1) is 26.7 Å². The van der Waals surface area contributed by atoms with Crippen molar-refractivity contribution in [2.24, 2.45) is 4.74 Å². The van der Waals surface area contributed by atoms with Crippen LogP contribution in [0.25, 0.3) is 0 Å². The van der Waals surface area contributed by atoms with Gasteiger partial charge in [0.15, 0.2) is 7.36 Å². The van der Waals surface area contributed by atoms with Crippen molar-refractivity contribution >= 4 is 74.9 Å². The molecular formula is C27H30BrCl2N4O2P. The average Bonchev–Trinajstić information content (AvgIpc) is 2.88. The number of benzene rings is 3. The first-order valence-corrected chi connectivity index (χ1v) is 15.5. The minimum Gasteiger partial charge on any atom is -0.409 e. The van der Waals surface area contributed by atoms with Crippen LogP contribution in [0, 0.1) is 0 Å². The van der Waals surface area contributed by atoms with Crippen molar-refractivity contribution in [3.05, 3.63) is 75.2 Å². The lowest BCUT2D eigenvalue weighted by Gasteiger charge is -2.46. The molecule has 0 aliphatic carbocycles. The minimum absolute atomic E-state index is 0.355. The van der Waals surface area contributed by atoms with E-state index in [2.05, 4.69) is 65.3 Å². The molecule has 0 bridgehead atoms. The fourth-order valence-corrected chi connectivity index (χ4v) is 9.16. The Morgan fingerprint density at radius 1 is 0.919 bits per heavy atom. The van der Waals surface area contributed by atoms with Crippen LogP contribution >= 0.6 is 46.5 Å². The Kier molecular flexibility index (Phi) is 8.93. The fourth-order valence-electron chi connectivity index (χ4n) is 4.60. The van der Waals surface area contributed by atoms with Crippen molar-refractivity contribution < 1.29 is 9.53 Å². The molecule has 1 heterocycles. The highest BCUT2D eigenvalue weighted by molar-refractivity contribution is 9.10. The lowest BCUT2D eigenvalue weighted by Crippen LogP contribution is -2.46. The van der Waals surface area contributed by atoms with E-state index < -0.39 is 13.4 Å². The zero-order valence-corrected chi connectivity index (χ0v) is 25.3. The van der Waals surface area contributed by atoms with E-state index in [-0.39, 0.29) is 0 Å². The molecular weight excluding hydrogens is 594 g/mol. The van der Waals surface area contributed by atoms with Gasteiger partial charge < -0.3 is 9.64 Å². The van der Waals surface area contributed by atoms with Crippen LogP contribution in [-0.2, 0) is 0 Å². The largest absolute Gasteiger partial charge is 0.425 e. The number of hydrogen-bond acceptors (Lipinski definition) is 4. The molecule has 3 aromatic carbocycles. The first kappa shape index (κ1) is 28.0. The molecule has 0 saturated heterocycles. The van der Waals surface area contributed by atoms with E-state index in [0.29, 0.717) is 34.6 Å². The van der Waals surface area contributed by atoms with Crippen LogP contribution in [0.3, 0.4) is 0 Å². The van der Waals surface area contributed by atoms with E-state index in [1.807, 2.05) is 30.3 Å². The third-order valence-electron chi connectivity index (χ3n) is 6.42. The zero-order valence-electron chi connectivity index (χ0n) is 21.3. The number of hydrogen-bond donors (Lipinski definition) is 0. The molecule has 6 nitrogen and oxygen atoms in total. The topological polar surface area (TPSA) is 48.4 Å². The van der Waals surface area contributed by atoms with Gasteiger partial charge in [0.25, 0.3) is 0 Å². The Balaban J connectivity index is 2.12. The Hall–Kier alpha value is -2.02. The summed E-state index contributed by atoms with van der Waals surface area (Å²) < 4.78 is 16.2. The molecule has 37 heavy (non-hydrogen) atoms. The van der Waals surface area contributed by atoms with Crippen LogP contribution in [0.5, 0.6) is 5.75 Å². The maximum atomic E-state index is 13.9. The molecule has 10 heteroatoms. The minimum atomic E-state index is -2.96. The van der Waals surface area contributed by atoms with E-state index in [9.17, 15) is 4.79 Å². The van der Waals surface area contributed by atoms with Gasteiger partial charge in [-0.15, -0.1) is 0 Å². The fraction of sp³-hybridized carbons (Fsp3) is 0.296. The predicted octanol–water partition coefficient (Wildman–Crippen LogP) is 8.95. The van der Waals surface area contributed by atoms with Gasteiger partial charge in [-0.25, -0.2) is 18.9 Å². The molecule has 3 aromatic rings. The summed E-state index contributed by atoms with van der Waals surface area (Å²) in [7, 11) is -2.96. The lowest BCUT2D eigenvalue weighted by molar-refractivity contribution is 0.210. The summed E-state index contributed by atoms with van der Waals surface area (Å²) in [5.41, 5.74) is 2.33. The highest BCUT2D eigenvalue weighted by Crippen LogP contribution is 2.63. The number of carbonyl (C=O) groups is 1. The monoisotopic (exact) mass is 622 g/mol. The van der Waals surface area contributed by atoms with E-state index in [1.54, 1.807) is 22.9 Å². The summed E-state index contributed by atoms with van der Waals surface area (Å²) in [6, 6.07) is 19.1. The normalized spacial score (nSPS) is 17.0. The maximum Gasteiger partial charge on any atom is 0.425 e. The van der Waals surface area contributed by atoms with Gasteiger partial charge in [-0.3, -0.25) is 0 Å². The van der Waals surface area contributed by atoms with Gasteiger partial charge in [-0.2, -0.15) is 0 Å². The second-order valence-corrected chi connectivity index (χ2v) is 12.8. The quantitative estimate of drug-likeness (QED) is 0.235. The summed E-state index contributed by atoms with van der Waals surface area (Å²) in [5.74, 6) is 0.529. The average molecular weight is 624 g/mol. The van der Waals surface area contributed by atoms with Crippen molar-refractivity contribution in [2.45, 2.75) is 27.7 Å². The number of rotatable bonds is 8. The number of anilines is 2. The maximum absolute atomic E-state index is 13.9. The standard InChI is InChI=1S/C27H30BrCl2N4O2P/c1-5-32(6-2)19-14-16-26-25(18-19)36-27(35)34(20-13-15-22(29)23(30)17-20)37(26,33(7-3)8-4)31-24-12-10-9-11-21(24)28/h9-18H,5-8H2,1-4H3/t37-/m0/s1. The van der Waals surface area contributed by atoms with E-state index >= 15 is 0 Å². The molecule has 0 N–H and O–H groups in total. The van der Waals surface area contributed by atoms with Gasteiger partial charge in [-0.05, 0) is 72.2 Å². The molecule has 1 aliphatic rings. The first-order chi connectivity index (χ1) is 17.8. The van der Waals surface area contributed by atoms with Crippen molar-refractivity contribution in [3.8, 4) is 5.75 Å². The van der Waals surface area contributed by atoms with Crippen LogP contribution in [0.1, 0.15) is 27.7 Å². The molecule has 0 spiro atoms. The van der Waals surface area contributed by atoms with E-state index in [4.69, 9.17) is 32.7 Å². The van der Waals surface area contributed by atoms with Gasteiger partial charge in [0.1, 0.15) is 5.75 Å². The SMILES string of the molecule is CCN(CC)c1ccc2c(c1)OC(=O)N(c1ccc(Cl)c(Cl)c1)[P@@]2(=Nc1ccccc1Br)N(CC)CC. The van der Waals surface area contributed by atoms with Gasteiger partial charge >= 0.3 is 6.09 Å². The number of halogens is 3. The molecule has 0 saturated carbocycles. The van der Waals surface area contributed by atoms with Crippen LogP contribution in [-0.4, -0.2) is 36.9 Å². The van der Waals surface area contributed by atoms with Crippen LogP contribution in [0.4, 0.5) is 21.9 Å². The smallest absolute Gasteiger partial charge is 0.409 e. The molecule has 1 aliphatic heterocycles. The van der Waals surface area contributed by atoms with Crippen molar-refractivity contribution in [1.29, 1.82) is 0 Å². The summed E-state index contributed by atoms with van der Waals surface area (Å²) in [5, 5.41) is 1.64. The Bertz CT molecular complexity index is 1360. The van der Waals surface area contributed by atoms with Crippen LogP contribution < -0.4 is 19.6 Å². The number of nitrogens with zero attached hydrogens (tertiary/aromatic N) is 4. The van der Waals surface area contributed by atoms with E-state index in [1.165, 1.54) is 0 Å². The first-order valence-electron chi connectivity index (χ1n) is 12.3. The van der Waals surface area contributed by atoms with Crippen molar-refractivity contribution in [3.63, 3.8) is 0 Å². The second kappa shape index (κ2) is 11.8. The molecule has 1 amide bonds. The molecule has 0 unspecified atom stereocenters. The molecule has 0 aromatic heterocycles. The number of amides is 1. The summed E-state index contributed by atoms with van der Waals surface area (Å²) in [4.78, 5) is 16.2. The number of ether oxygens (including phenoxy) is 1. The molecule has 0 fully saturated rings. The Morgan fingerprint density at radius 2 is 1.62 bits per heavy atom. The van der Waals surface area contributed by atoms with Crippen LogP contribution in [0.15, 0.2) is 69.9 Å². The Labute approximate surface area is 237 Å². The predicted molar refractivity (Wildman–Crippen MR) is 161 cm³/mol. The second-order valence-electron chi connectivity index (χ2n) is 8.36. The summed E-state index contributed by atoms with van der Waals surface area (Å²) >= 11 is 16.4. The highest BCUT2D eigenvalue weighted by Gasteiger charge is 2.46. The van der Waals surface area contributed by atoms with Gasteiger partial charge in [0.2, 0.25) is 0 Å². The van der Waals surface area contributed by atoms with Crippen LogP contribution in [0.2, 0.25) is 10.0 Å². The lowest BCUT2D eigenvalue weighted by atomic mass is 10.2. The summed E-state index contributed by atoms with van der Waals surface area (Å²) in [6.45, 7) is 11.4. The number of fused-ring (bicyclic) bond motifs is 1. The molecule has 196 valence electrons. The summed E-state index contributed by atoms with van der Waals surface area (Å²) in [6.07, 6.45) is -0.501. The molecule has 1 atom stereocenters. The molecule has 4 rings (SSSR count). The molecule has 0 radical (unpaired) electrons. The van der Waals surface area contributed by atoms with Gasteiger partial charge in [-0.1, -0.05) is 49.2 Å². The van der Waals surface area contributed by atoms with E-state index in [0.717, 1.165) is 34.2 Å². The number of carbonyl (C=O) groups excluding carboxylic acids is 1. The zero-order chi connectivity index (χ0) is 26.7.